The molecular formula is C18H13ClN2OS2. The molecule has 0 bridgehead atoms. The monoisotopic (exact) mass is 372 g/mol. The Hall–Kier alpha value is -1.95. The maximum Gasteiger partial charge on any atom is 0.274 e. The van der Waals surface area contributed by atoms with Crippen molar-refractivity contribution in [3.63, 3.8) is 0 Å². The van der Waals surface area contributed by atoms with Gasteiger partial charge in [-0.2, -0.15) is 27.8 Å². The average molecular weight is 373 g/mol. The SMILES string of the molecule is O=C(c1cccc(Cl)c1)N1N=C(c2ccsc2)C[C@H]1c1ccsc1. The minimum Gasteiger partial charge on any atom is -0.267 e. The molecule has 1 aromatic carbocycles. The molecule has 0 fully saturated rings. The van der Waals surface area contributed by atoms with Crippen LogP contribution in [0.2, 0.25) is 5.02 Å². The van der Waals surface area contributed by atoms with E-state index in [4.69, 9.17) is 11.6 Å². The lowest BCUT2D eigenvalue weighted by Crippen LogP contribution is -2.26. The van der Waals surface area contributed by atoms with Crippen LogP contribution in [0.4, 0.5) is 0 Å². The largest absolute Gasteiger partial charge is 0.274 e. The van der Waals surface area contributed by atoms with E-state index in [-0.39, 0.29) is 11.9 Å². The molecule has 0 unspecified atom stereocenters. The van der Waals surface area contributed by atoms with Gasteiger partial charge < -0.3 is 0 Å². The van der Waals surface area contributed by atoms with Gasteiger partial charge in [-0.1, -0.05) is 17.7 Å². The summed E-state index contributed by atoms with van der Waals surface area (Å²) in [6, 6.07) is 11.0. The van der Waals surface area contributed by atoms with Gasteiger partial charge in [0.15, 0.2) is 0 Å². The summed E-state index contributed by atoms with van der Waals surface area (Å²) < 4.78 is 0. The van der Waals surface area contributed by atoms with Crippen LogP contribution in [0.1, 0.15) is 33.9 Å². The predicted octanol–water partition coefficient (Wildman–Crippen LogP) is 5.45. The molecule has 3 aromatic rings. The highest BCUT2D eigenvalue weighted by atomic mass is 35.5. The molecule has 120 valence electrons. The van der Waals surface area contributed by atoms with E-state index in [2.05, 4.69) is 21.9 Å². The minimum atomic E-state index is -0.126. The van der Waals surface area contributed by atoms with Crippen LogP contribution in [-0.2, 0) is 0 Å². The molecule has 0 saturated carbocycles. The second kappa shape index (κ2) is 6.51. The predicted molar refractivity (Wildman–Crippen MR) is 100 cm³/mol. The number of hydrogen-bond acceptors (Lipinski definition) is 4. The maximum atomic E-state index is 13.0. The van der Waals surface area contributed by atoms with E-state index in [1.54, 1.807) is 51.9 Å². The van der Waals surface area contributed by atoms with Crippen LogP contribution >= 0.6 is 34.3 Å². The molecule has 2 aromatic heterocycles. The summed E-state index contributed by atoms with van der Waals surface area (Å²) in [7, 11) is 0. The Kier molecular flexibility index (Phi) is 4.22. The second-order valence-electron chi connectivity index (χ2n) is 5.50. The first-order valence-electron chi connectivity index (χ1n) is 7.43. The summed E-state index contributed by atoms with van der Waals surface area (Å²) in [4.78, 5) is 13.0. The third-order valence-electron chi connectivity index (χ3n) is 3.97. The number of hydrogen-bond donors (Lipinski definition) is 0. The topological polar surface area (TPSA) is 32.7 Å². The number of rotatable bonds is 3. The molecule has 3 heterocycles. The Bertz CT molecular complexity index is 888. The summed E-state index contributed by atoms with van der Waals surface area (Å²) in [6.45, 7) is 0. The lowest BCUT2D eigenvalue weighted by molar-refractivity contribution is 0.0711. The summed E-state index contributed by atoms with van der Waals surface area (Å²) >= 11 is 9.30. The lowest BCUT2D eigenvalue weighted by Gasteiger charge is -2.21. The molecule has 0 radical (unpaired) electrons. The average Bonchev–Trinajstić information content (AvgIpc) is 3.32. The van der Waals surface area contributed by atoms with Crippen molar-refractivity contribution in [1.82, 2.24) is 5.01 Å². The highest BCUT2D eigenvalue weighted by Crippen LogP contribution is 2.35. The van der Waals surface area contributed by atoms with E-state index in [0.717, 1.165) is 23.3 Å². The van der Waals surface area contributed by atoms with Crippen molar-refractivity contribution in [3.05, 3.63) is 79.6 Å². The van der Waals surface area contributed by atoms with Gasteiger partial charge in [-0.15, -0.1) is 0 Å². The number of hydrazone groups is 1. The third kappa shape index (κ3) is 2.90. The number of benzene rings is 1. The maximum absolute atomic E-state index is 13.0. The van der Waals surface area contributed by atoms with Gasteiger partial charge in [0.1, 0.15) is 0 Å². The van der Waals surface area contributed by atoms with E-state index < -0.39 is 0 Å². The fraction of sp³-hybridized carbons (Fsp3) is 0.111. The standard InChI is InChI=1S/C18H13ClN2OS2/c19-15-3-1-2-12(8-15)18(22)21-17(14-5-7-24-11-14)9-16(20-21)13-4-6-23-10-13/h1-8,10-11,17H,9H2/t17-/m0/s1. The molecule has 24 heavy (non-hydrogen) atoms. The number of amides is 1. The number of carbonyl (C=O) groups is 1. The quantitative estimate of drug-likeness (QED) is 0.601. The number of carbonyl (C=O) groups excluding carboxylic acids is 1. The van der Waals surface area contributed by atoms with Gasteiger partial charge in [0.25, 0.3) is 5.91 Å². The molecule has 1 amide bonds. The first kappa shape index (κ1) is 15.6. The van der Waals surface area contributed by atoms with Crippen LogP contribution in [0.3, 0.4) is 0 Å². The first-order chi connectivity index (χ1) is 11.7. The summed E-state index contributed by atoms with van der Waals surface area (Å²) in [5, 5.41) is 15.0. The molecule has 0 saturated heterocycles. The number of thiophene rings is 2. The van der Waals surface area contributed by atoms with Gasteiger partial charge in [0, 0.05) is 22.6 Å². The van der Waals surface area contributed by atoms with Gasteiger partial charge in [-0.25, -0.2) is 5.01 Å². The minimum absolute atomic E-state index is 0.0716. The van der Waals surface area contributed by atoms with E-state index in [9.17, 15) is 4.79 Å². The highest BCUT2D eigenvalue weighted by Gasteiger charge is 2.34. The fourth-order valence-electron chi connectivity index (χ4n) is 2.78. The lowest BCUT2D eigenvalue weighted by atomic mass is 10.0. The summed E-state index contributed by atoms with van der Waals surface area (Å²) in [5.74, 6) is -0.126. The van der Waals surface area contributed by atoms with E-state index in [1.165, 1.54) is 0 Å². The summed E-state index contributed by atoms with van der Waals surface area (Å²) in [5.41, 5.74) is 3.70. The Morgan fingerprint density at radius 3 is 2.71 bits per heavy atom. The zero-order valence-electron chi connectivity index (χ0n) is 12.6. The van der Waals surface area contributed by atoms with Crippen molar-refractivity contribution in [3.8, 4) is 0 Å². The van der Waals surface area contributed by atoms with Gasteiger partial charge in [0.05, 0.1) is 11.8 Å². The molecule has 4 rings (SSSR count). The summed E-state index contributed by atoms with van der Waals surface area (Å²) in [6.07, 6.45) is 0.722. The molecule has 1 aliphatic rings. The Balaban J connectivity index is 1.72. The zero-order valence-corrected chi connectivity index (χ0v) is 14.9. The molecule has 1 atom stereocenters. The Morgan fingerprint density at radius 1 is 1.17 bits per heavy atom. The van der Waals surface area contributed by atoms with E-state index in [1.807, 2.05) is 16.8 Å². The van der Waals surface area contributed by atoms with E-state index >= 15 is 0 Å². The van der Waals surface area contributed by atoms with Crippen LogP contribution in [0, 0.1) is 0 Å². The molecule has 3 nitrogen and oxygen atoms in total. The van der Waals surface area contributed by atoms with Gasteiger partial charge in [0.2, 0.25) is 0 Å². The molecule has 1 aliphatic heterocycles. The Morgan fingerprint density at radius 2 is 2.00 bits per heavy atom. The van der Waals surface area contributed by atoms with Crippen molar-refractivity contribution in [2.75, 3.05) is 0 Å². The van der Waals surface area contributed by atoms with Gasteiger partial charge >= 0.3 is 0 Å². The van der Waals surface area contributed by atoms with Crippen molar-refractivity contribution in [2.24, 2.45) is 5.10 Å². The van der Waals surface area contributed by atoms with Crippen molar-refractivity contribution >= 4 is 45.9 Å². The molecule has 0 spiro atoms. The molecular weight excluding hydrogens is 360 g/mol. The molecule has 0 N–H and O–H groups in total. The molecule has 6 heteroatoms. The van der Waals surface area contributed by atoms with Crippen LogP contribution in [0.15, 0.2) is 63.0 Å². The normalized spacial score (nSPS) is 17.1. The fourth-order valence-corrected chi connectivity index (χ4v) is 4.34. The zero-order chi connectivity index (χ0) is 16.5. The van der Waals surface area contributed by atoms with Crippen molar-refractivity contribution in [1.29, 1.82) is 0 Å². The van der Waals surface area contributed by atoms with Crippen LogP contribution in [0.5, 0.6) is 0 Å². The third-order valence-corrected chi connectivity index (χ3v) is 5.59. The Labute approximate surface area is 152 Å². The van der Waals surface area contributed by atoms with E-state index in [0.29, 0.717) is 10.6 Å². The van der Waals surface area contributed by atoms with Crippen LogP contribution in [-0.4, -0.2) is 16.6 Å². The van der Waals surface area contributed by atoms with Crippen LogP contribution in [0.25, 0.3) is 0 Å². The van der Waals surface area contributed by atoms with Crippen molar-refractivity contribution in [2.45, 2.75) is 12.5 Å². The smallest absolute Gasteiger partial charge is 0.267 e. The first-order valence-corrected chi connectivity index (χ1v) is 9.70. The van der Waals surface area contributed by atoms with Crippen molar-refractivity contribution < 1.29 is 4.79 Å². The number of nitrogens with zero attached hydrogens (tertiary/aromatic N) is 2. The van der Waals surface area contributed by atoms with Gasteiger partial charge in [-0.05, 0) is 57.4 Å². The van der Waals surface area contributed by atoms with Gasteiger partial charge in [-0.3, -0.25) is 4.79 Å². The van der Waals surface area contributed by atoms with Crippen LogP contribution < -0.4 is 0 Å². The second-order valence-corrected chi connectivity index (χ2v) is 7.49. The highest BCUT2D eigenvalue weighted by molar-refractivity contribution is 7.08. The number of halogens is 1. The molecule has 0 aliphatic carbocycles.